The van der Waals surface area contributed by atoms with Gasteiger partial charge in [0.2, 0.25) is 0 Å². The second-order valence-corrected chi connectivity index (χ2v) is 4.70. The predicted octanol–water partition coefficient (Wildman–Crippen LogP) is 0.542. The van der Waals surface area contributed by atoms with Crippen molar-refractivity contribution >= 4 is 17.0 Å². The van der Waals surface area contributed by atoms with E-state index in [2.05, 4.69) is 5.10 Å². The molecule has 0 aromatic carbocycles. The number of nitrogens with zero attached hydrogens (tertiary/aromatic N) is 3. The van der Waals surface area contributed by atoms with Gasteiger partial charge in [-0.1, -0.05) is 0 Å². The van der Waals surface area contributed by atoms with Gasteiger partial charge in [-0.25, -0.2) is 4.21 Å². The minimum Gasteiger partial charge on any atom is -0.376 e. The largest absolute Gasteiger partial charge is 0.376 e. The molecular weight excluding hydrogens is 230 g/mol. The fraction of sp³-hybridized carbons (Fsp3) is 0.667. The number of rotatable bonds is 4. The summed E-state index contributed by atoms with van der Waals surface area (Å²) in [4.78, 5) is 0. The van der Waals surface area contributed by atoms with Gasteiger partial charge < -0.3 is 4.74 Å². The molecule has 1 aromatic rings. The fourth-order valence-electron chi connectivity index (χ4n) is 1.77. The van der Waals surface area contributed by atoms with E-state index in [9.17, 15) is 8.76 Å². The molecule has 1 aliphatic rings. The van der Waals surface area contributed by atoms with Gasteiger partial charge in [0.25, 0.3) is 11.3 Å². The zero-order chi connectivity index (χ0) is 11.5. The van der Waals surface area contributed by atoms with E-state index in [0.29, 0.717) is 12.2 Å². The van der Waals surface area contributed by atoms with Crippen molar-refractivity contribution in [3.63, 3.8) is 0 Å². The lowest BCUT2D eigenvalue weighted by atomic mass is 10.2. The zero-order valence-electron chi connectivity index (χ0n) is 9.07. The van der Waals surface area contributed by atoms with Crippen molar-refractivity contribution in [1.82, 2.24) is 9.78 Å². The molecule has 0 bridgehead atoms. The van der Waals surface area contributed by atoms with Gasteiger partial charge >= 0.3 is 0 Å². The Morgan fingerprint density at radius 2 is 2.62 bits per heavy atom. The lowest BCUT2D eigenvalue weighted by molar-refractivity contribution is 0.118. The summed E-state index contributed by atoms with van der Waals surface area (Å²) in [6.07, 6.45) is 5.28. The Labute approximate surface area is 96.6 Å². The molecule has 1 saturated heterocycles. The molecule has 2 unspecified atom stereocenters. The maximum absolute atomic E-state index is 11.2. The van der Waals surface area contributed by atoms with Crippen LogP contribution >= 0.6 is 0 Å². The maximum Gasteiger partial charge on any atom is 0.262 e. The third-order valence-corrected chi connectivity index (χ3v) is 3.30. The van der Waals surface area contributed by atoms with Gasteiger partial charge in [-0.15, -0.1) is 0 Å². The first kappa shape index (κ1) is 11.6. The van der Waals surface area contributed by atoms with Crippen LogP contribution in [0.4, 0.5) is 5.69 Å². The molecule has 1 N–H and O–H groups in total. The highest BCUT2D eigenvalue weighted by molar-refractivity contribution is 7.80. The van der Waals surface area contributed by atoms with Crippen molar-refractivity contribution in [3.05, 3.63) is 12.4 Å². The summed E-state index contributed by atoms with van der Waals surface area (Å²) in [5.74, 6) is 0. The van der Waals surface area contributed by atoms with Crippen molar-refractivity contribution < 1.29 is 13.5 Å². The number of aromatic nitrogens is 2. The second-order valence-electron chi connectivity index (χ2n) is 3.80. The quantitative estimate of drug-likeness (QED) is 0.786. The average Bonchev–Trinajstić information content (AvgIpc) is 2.84. The number of hydrogen-bond acceptors (Lipinski definition) is 3. The van der Waals surface area contributed by atoms with Gasteiger partial charge in [0.15, 0.2) is 0 Å². The highest BCUT2D eigenvalue weighted by Gasteiger charge is 2.23. The Kier molecular flexibility index (Phi) is 3.57. The van der Waals surface area contributed by atoms with Gasteiger partial charge in [0.05, 0.1) is 24.5 Å². The van der Waals surface area contributed by atoms with Crippen LogP contribution in [-0.2, 0) is 23.1 Å². The Bertz CT molecular complexity index is 376. The van der Waals surface area contributed by atoms with Crippen molar-refractivity contribution in [3.8, 4) is 0 Å². The SMILES string of the molecule is Cn1cc(N(CC2CCCO2)S(=O)O)cn1. The molecule has 0 aliphatic carbocycles. The third-order valence-electron chi connectivity index (χ3n) is 2.56. The van der Waals surface area contributed by atoms with E-state index in [1.54, 1.807) is 24.1 Å². The Hall–Kier alpha value is -0.920. The van der Waals surface area contributed by atoms with Crippen LogP contribution < -0.4 is 4.31 Å². The highest BCUT2D eigenvalue weighted by Crippen LogP contribution is 2.19. The van der Waals surface area contributed by atoms with E-state index in [0.717, 1.165) is 19.4 Å². The normalized spacial score (nSPS) is 22.2. The van der Waals surface area contributed by atoms with Crippen LogP contribution in [0.25, 0.3) is 0 Å². The topological polar surface area (TPSA) is 67.6 Å². The molecule has 2 heterocycles. The van der Waals surface area contributed by atoms with E-state index in [-0.39, 0.29) is 6.10 Å². The Balaban J connectivity index is 2.07. The molecular formula is C9H15N3O3S. The predicted molar refractivity (Wildman–Crippen MR) is 60.3 cm³/mol. The van der Waals surface area contributed by atoms with Crippen LogP contribution in [0.15, 0.2) is 12.4 Å². The molecule has 16 heavy (non-hydrogen) atoms. The van der Waals surface area contributed by atoms with Gasteiger partial charge in [0.1, 0.15) is 0 Å². The number of anilines is 1. The summed E-state index contributed by atoms with van der Waals surface area (Å²) in [6.45, 7) is 1.17. The first-order valence-corrected chi connectivity index (χ1v) is 6.22. The minimum absolute atomic E-state index is 0.0382. The smallest absolute Gasteiger partial charge is 0.262 e. The van der Waals surface area contributed by atoms with Crippen LogP contribution in [0.5, 0.6) is 0 Å². The number of hydrogen-bond donors (Lipinski definition) is 1. The molecule has 0 saturated carbocycles. The summed E-state index contributed by atoms with van der Waals surface area (Å²) >= 11 is -2.04. The Morgan fingerprint density at radius 1 is 1.81 bits per heavy atom. The molecule has 2 rings (SSSR count). The molecule has 90 valence electrons. The van der Waals surface area contributed by atoms with Gasteiger partial charge in [-0.05, 0) is 12.8 Å². The summed E-state index contributed by atoms with van der Waals surface area (Å²) in [7, 11) is 1.77. The van der Waals surface area contributed by atoms with Gasteiger partial charge in [-0.2, -0.15) is 5.10 Å². The van der Waals surface area contributed by atoms with E-state index < -0.39 is 11.3 Å². The van der Waals surface area contributed by atoms with Crippen molar-refractivity contribution in [2.75, 3.05) is 17.5 Å². The molecule has 6 nitrogen and oxygen atoms in total. The lowest BCUT2D eigenvalue weighted by Crippen LogP contribution is -2.33. The van der Waals surface area contributed by atoms with Crippen molar-refractivity contribution in [2.24, 2.45) is 7.05 Å². The van der Waals surface area contributed by atoms with Crippen LogP contribution in [0.2, 0.25) is 0 Å². The van der Waals surface area contributed by atoms with E-state index in [1.807, 2.05) is 0 Å². The van der Waals surface area contributed by atoms with E-state index in [4.69, 9.17) is 4.74 Å². The Morgan fingerprint density at radius 3 is 3.12 bits per heavy atom. The van der Waals surface area contributed by atoms with Crippen LogP contribution in [0.3, 0.4) is 0 Å². The minimum atomic E-state index is -2.04. The van der Waals surface area contributed by atoms with Crippen molar-refractivity contribution in [1.29, 1.82) is 0 Å². The van der Waals surface area contributed by atoms with Crippen molar-refractivity contribution in [2.45, 2.75) is 18.9 Å². The molecule has 2 atom stereocenters. The number of aryl methyl sites for hydroxylation is 1. The van der Waals surface area contributed by atoms with Crippen LogP contribution in [0, 0.1) is 0 Å². The number of ether oxygens (including phenoxy) is 1. The highest BCUT2D eigenvalue weighted by atomic mass is 32.2. The lowest BCUT2D eigenvalue weighted by Gasteiger charge is -2.21. The standard InChI is InChI=1S/C9H15N3O3S/c1-11-6-8(5-10-11)12(16(13)14)7-9-3-2-4-15-9/h5-6,9H,2-4,7H2,1H3,(H,13,14). The molecule has 0 amide bonds. The zero-order valence-corrected chi connectivity index (χ0v) is 9.89. The molecule has 7 heteroatoms. The summed E-state index contributed by atoms with van der Waals surface area (Å²) < 4.78 is 28.9. The third kappa shape index (κ3) is 2.60. The van der Waals surface area contributed by atoms with Crippen LogP contribution in [-0.4, -0.2) is 37.8 Å². The fourth-order valence-corrected chi connectivity index (χ4v) is 2.34. The summed E-state index contributed by atoms with van der Waals surface area (Å²) in [5.41, 5.74) is 0.638. The molecule has 0 radical (unpaired) electrons. The summed E-state index contributed by atoms with van der Waals surface area (Å²) in [6, 6.07) is 0. The summed E-state index contributed by atoms with van der Waals surface area (Å²) in [5, 5.41) is 3.98. The molecule has 0 spiro atoms. The van der Waals surface area contributed by atoms with E-state index in [1.165, 1.54) is 4.31 Å². The monoisotopic (exact) mass is 245 g/mol. The van der Waals surface area contributed by atoms with Crippen LogP contribution in [0.1, 0.15) is 12.8 Å². The van der Waals surface area contributed by atoms with E-state index >= 15 is 0 Å². The molecule has 1 fully saturated rings. The first-order valence-electron chi connectivity index (χ1n) is 5.15. The van der Waals surface area contributed by atoms with Gasteiger partial charge in [0, 0.05) is 19.9 Å². The maximum atomic E-state index is 11.2. The molecule has 1 aliphatic heterocycles. The average molecular weight is 245 g/mol. The first-order chi connectivity index (χ1) is 7.66. The second kappa shape index (κ2) is 4.94. The molecule has 1 aromatic heterocycles. The van der Waals surface area contributed by atoms with Gasteiger partial charge in [-0.3, -0.25) is 13.5 Å².